The zero-order chi connectivity index (χ0) is 19.1. The highest BCUT2D eigenvalue weighted by Crippen LogP contribution is 2.20. The molecule has 0 spiro atoms. The number of esters is 1. The van der Waals surface area contributed by atoms with Crippen molar-refractivity contribution < 1.29 is 19.1 Å². The third-order valence-electron chi connectivity index (χ3n) is 4.40. The lowest BCUT2D eigenvalue weighted by atomic mass is 10.1. The van der Waals surface area contributed by atoms with Gasteiger partial charge in [0.1, 0.15) is 0 Å². The van der Waals surface area contributed by atoms with E-state index in [9.17, 15) is 14.4 Å². The first-order valence-corrected chi connectivity index (χ1v) is 9.87. The van der Waals surface area contributed by atoms with E-state index < -0.39 is 11.9 Å². The van der Waals surface area contributed by atoms with E-state index >= 15 is 0 Å². The van der Waals surface area contributed by atoms with Crippen molar-refractivity contribution in [3.63, 3.8) is 0 Å². The van der Waals surface area contributed by atoms with E-state index in [0.717, 1.165) is 30.6 Å². The summed E-state index contributed by atoms with van der Waals surface area (Å²) in [6.07, 6.45) is 4.37. The molecule has 27 heavy (non-hydrogen) atoms. The number of carbonyl (C=O) groups is 3. The SMILES string of the molecule is O=C(COC(=O)Cc1cccs1)Nc1ccccc1C(=O)NC1CCCC1. The zero-order valence-electron chi connectivity index (χ0n) is 14.9. The van der Waals surface area contributed by atoms with Gasteiger partial charge in [0.25, 0.3) is 11.8 Å². The third kappa shape index (κ3) is 5.65. The summed E-state index contributed by atoms with van der Waals surface area (Å²) < 4.78 is 5.01. The van der Waals surface area contributed by atoms with Gasteiger partial charge in [0, 0.05) is 10.9 Å². The van der Waals surface area contributed by atoms with Crippen LogP contribution in [-0.2, 0) is 20.7 Å². The van der Waals surface area contributed by atoms with E-state index in [2.05, 4.69) is 10.6 Å². The van der Waals surface area contributed by atoms with Gasteiger partial charge in [-0.25, -0.2) is 0 Å². The van der Waals surface area contributed by atoms with E-state index in [0.29, 0.717) is 11.3 Å². The lowest BCUT2D eigenvalue weighted by Crippen LogP contribution is -2.33. The lowest BCUT2D eigenvalue weighted by molar-refractivity contribution is -0.146. The van der Waals surface area contributed by atoms with Crippen LogP contribution in [0.25, 0.3) is 0 Å². The molecule has 0 radical (unpaired) electrons. The first-order chi connectivity index (χ1) is 13.1. The Morgan fingerprint density at radius 2 is 1.85 bits per heavy atom. The summed E-state index contributed by atoms with van der Waals surface area (Å²) in [5, 5.41) is 7.54. The third-order valence-corrected chi connectivity index (χ3v) is 5.28. The molecule has 2 N–H and O–H groups in total. The minimum absolute atomic E-state index is 0.144. The summed E-state index contributed by atoms with van der Waals surface area (Å²) in [6, 6.07) is 10.7. The van der Waals surface area contributed by atoms with Gasteiger partial charge in [-0.1, -0.05) is 31.0 Å². The van der Waals surface area contributed by atoms with Crippen LogP contribution in [0.5, 0.6) is 0 Å². The van der Waals surface area contributed by atoms with Gasteiger partial charge in [-0.05, 0) is 36.4 Å². The average Bonchev–Trinajstić information content (AvgIpc) is 3.34. The van der Waals surface area contributed by atoms with Gasteiger partial charge < -0.3 is 15.4 Å². The Kier molecular flexibility index (Phi) is 6.59. The summed E-state index contributed by atoms with van der Waals surface area (Å²) in [6.45, 7) is -0.386. The van der Waals surface area contributed by atoms with E-state index in [1.54, 1.807) is 24.3 Å². The molecule has 7 heteroatoms. The average molecular weight is 386 g/mol. The van der Waals surface area contributed by atoms with Crippen LogP contribution in [0, 0.1) is 0 Å². The predicted octanol–water partition coefficient (Wildman–Crippen LogP) is 3.14. The Morgan fingerprint density at radius 3 is 2.59 bits per heavy atom. The van der Waals surface area contributed by atoms with Crippen molar-refractivity contribution in [2.45, 2.75) is 38.1 Å². The van der Waals surface area contributed by atoms with Gasteiger partial charge in [0.2, 0.25) is 0 Å². The molecule has 3 rings (SSSR count). The molecule has 6 nitrogen and oxygen atoms in total. The van der Waals surface area contributed by atoms with Gasteiger partial charge in [-0.2, -0.15) is 0 Å². The number of para-hydroxylation sites is 1. The summed E-state index contributed by atoms with van der Waals surface area (Å²) in [5.41, 5.74) is 0.815. The number of carbonyl (C=O) groups excluding carboxylic acids is 3. The van der Waals surface area contributed by atoms with Gasteiger partial charge in [0.15, 0.2) is 6.61 Å². The van der Waals surface area contributed by atoms with Crippen molar-refractivity contribution in [1.82, 2.24) is 5.32 Å². The number of nitrogens with one attached hydrogen (secondary N) is 2. The largest absolute Gasteiger partial charge is 0.455 e. The van der Waals surface area contributed by atoms with Crippen LogP contribution in [-0.4, -0.2) is 30.4 Å². The minimum Gasteiger partial charge on any atom is -0.455 e. The molecular weight excluding hydrogens is 364 g/mol. The summed E-state index contributed by atoms with van der Waals surface area (Å²) in [7, 11) is 0. The van der Waals surface area contributed by atoms with Crippen molar-refractivity contribution in [3.8, 4) is 0 Å². The van der Waals surface area contributed by atoms with Crippen LogP contribution in [0.3, 0.4) is 0 Å². The van der Waals surface area contributed by atoms with Crippen LogP contribution in [0.2, 0.25) is 0 Å². The minimum atomic E-state index is -0.476. The van der Waals surface area contributed by atoms with E-state index in [1.165, 1.54) is 11.3 Å². The quantitative estimate of drug-likeness (QED) is 0.716. The molecule has 1 aromatic carbocycles. The Morgan fingerprint density at radius 1 is 1.07 bits per heavy atom. The molecule has 0 unspecified atom stereocenters. The second kappa shape index (κ2) is 9.32. The van der Waals surface area contributed by atoms with Crippen LogP contribution in [0.15, 0.2) is 41.8 Å². The fourth-order valence-electron chi connectivity index (χ4n) is 3.06. The van der Waals surface area contributed by atoms with Gasteiger partial charge in [-0.15, -0.1) is 11.3 Å². The van der Waals surface area contributed by atoms with Crippen LogP contribution in [0.1, 0.15) is 40.9 Å². The molecule has 1 fully saturated rings. The van der Waals surface area contributed by atoms with Crippen molar-refractivity contribution in [1.29, 1.82) is 0 Å². The Balaban J connectivity index is 1.52. The first kappa shape index (κ1) is 19.1. The molecule has 2 amide bonds. The molecule has 1 heterocycles. The zero-order valence-corrected chi connectivity index (χ0v) is 15.7. The number of thiophene rings is 1. The van der Waals surface area contributed by atoms with Crippen molar-refractivity contribution in [2.24, 2.45) is 0 Å². The monoisotopic (exact) mass is 386 g/mol. The molecule has 0 atom stereocenters. The highest BCUT2D eigenvalue weighted by atomic mass is 32.1. The van der Waals surface area contributed by atoms with Crippen molar-refractivity contribution in [2.75, 3.05) is 11.9 Å². The fourth-order valence-corrected chi connectivity index (χ4v) is 3.75. The second-order valence-electron chi connectivity index (χ2n) is 6.47. The lowest BCUT2D eigenvalue weighted by Gasteiger charge is -2.15. The number of anilines is 1. The molecule has 0 saturated heterocycles. The molecule has 1 aromatic heterocycles. The number of rotatable bonds is 7. The maximum atomic E-state index is 12.5. The maximum Gasteiger partial charge on any atom is 0.311 e. The highest BCUT2D eigenvalue weighted by Gasteiger charge is 2.20. The Labute approximate surface area is 161 Å². The summed E-state index contributed by atoms with van der Waals surface area (Å²) >= 11 is 1.46. The number of amides is 2. The van der Waals surface area contributed by atoms with Gasteiger partial charge in [-0.3, -0.25) is 14.4 Å². The molecule has 0 bridgehead atoms. The Bertz CT molecular complexity index is 798. The van der Waals surface area contributed by atoms with Crippen LogP contribution < -0.4 is 10.6 Å². The number of benzene rings is 1. The predicted molar refractivity (Wildman–Crippen MR) is 104 cm³/mol. The highest BCUT2D eigenvalue weighted by molar-refractivity contribution is 7.10. The van der Waals surface area contributed by atoms with Crippen molar-refractivity contribution in [3.05, 3.63) is 52.2 Å². The topological polar surface area (TPSA) is 84.5 Å². The molecule has 0 aliphatic heterocycles. The summed E-state index contributed by atoms with van der Waals surface area (Å²) in [5.74, 6) is -1.14. The standard InChI is InChI=1S/C20H22N2O4S/c23-18(13-26-19(24)12-15-8-5-11-27-15)22-17-10-4-3-9-16(17)20(25)21-14-6-1-2-7-14/h3-5,8-11,14H,1-2,6-7,12-13H2,(H,21,25)(H,22,23). The van der Waals surface area contributed by atoms with Crippen LogP contribution >= 0.6 is 11.3 Å². The van der Waals surface area contributed by atoms with Crippen molar-refractivity contribution >= 4 is 34.8 Å². The normalized spacial score (nSPS) is 13.9. The number of ether oxygens (including phenoxy) is 1. The fraction of sp³-hybridized carbons (Fsp3) is 0.350. The molecule has 142 valence electrons. The first-order valence-electron chi connectivity index (χ1n) is 8.99. The number of hydrogen-bond donors (Lipinski definition) is 2. The molecule has 2 aromatic rings. The maximum absolute atomic E-state index is 12.5. The van der Waals surface area contributed by atoms with Crippen LogP contribution in [0.4, 0.5) is 5.69 Å². The smallest absolute Gasteiger partial charge is 0.311 e. The molecule has 1 aliphatic rings. The second-order valence-corrected chi connectivity index (χ2v) is 7.50. The van der Waals surface area contributed by atoms with Gasteiger partial charge >= 0.3 is 5.97 Å². The molecular formula is C20H22N2O4S. The van der Waals surface area contributed by atoms with E-state index in [4.69, 9.17) is 4.74 Å². The molecule has 1 saturated carbocycles. The van der Waals surface area contributed by atoms with Gasteiger partial charge in [0.05, 0.1) is 17.7 Å². The van der Waals surface area contributed by atoms with E-state index in [1.807, 2.05) is 17.5 Å². The molecule has 1 aliphatic carbocycles. The Hall–Kier alpha value is -2.67. The number of hydrogen-bond acceptors (Lipinski definition) is 5. The van der Waals surface area contributed by atoms with E-state index in [-0.39, 0.29) is 25.0 Å². The summed E-state index contributed by atoms with van der Waals surface area (Å²) in [4.78, 5) is 37.3.